The fourth-order valence-corrected chi connectivity index (χ4v) is 3.12. The van der Waals surface area contributed by atoms with E-state index in [1.54, 1.807) is 7.11 Å². The average molecular weight is 371 g/mol. The molecule has 26 heavy (non-hydrogen) atoms. The summed E-state index contributed by atoms with van der Waals surface area (Å²) in [7, 11) is 1.68. The van der Waals surface area contributed by atoms with Crippen molar-refractivity contribution in [2.75, 3.05) is 12.4 Å². The Balaban J connectivity index is 2.05. The van der Waals surface area contributed by atoms with E-state index in [-0.39, 0.29) is 6.04 Å². The fourth-order valence-electron chi connectivity index (χ4n) is 2.86. The van der Waals surface area contributed by atoms with Gasteiger partial charge in [0.05, 0.1) is 13.2 Å². The summed E-state index contributed by atoms with van der Waals surface area (Å²) in [6.07, 6.45) is 1.00. The Morgan fingerprint density at radius 1 is 0.923 bits per heavy atom. The zero-order valence-corrected chi connectivity index (χ0v) is 17.2. The Morgan fingerprint density at radius 3 is 2.00 bits per heavy atom. The quantitative estimate of drug-likeness (QED) is 0.595. The van der Waals surface area contributed by atoms with Crippen LogP contribution in [0.25, 0.3) is 0 Å². The van der Waals surface area contributed by atoms with Crippen LogP contribution in [0.1, 0.15) is 57.2 Å². The topological polar surface area (TPSA) is 33.3 Å². The third-order valence-corrected chi connectivity index (χ3v) is 4.59. The molecule has 1 unspecified atom stereocenters. The number of methoxy groups -OCH3 is 1. The molecular formula is C22H30N2OS. The van der Waals surface area contributed by atoms with Crippen LogP contribution in [0.5, 0.6) is 5.75 Å². The summed E-state index contributed by atoms with van der Waals surface area (Å²) in [5, 5.41) is 7.41. The number of hydrogen-bond donors (Lipinski definition) is 2. The number of rotatable bonds is 7. The van der Waals surface area contributed by atoms with Crippen molar-refractivity contribution < 1.29 is 4.74 Å². The molecule has 3 nitrogen and oxygen atoms in total. The molecule has 2 rings (SSSR count). The molecule has 0 saturated heterocycles. The van der Waals surface area contributed by atoms with Crippen molar-refractivity contribution in [2.24, 2.45) is 5.92 Å². The summed E-state index contributed by atoms with van der Waals surface area (Å²) >= 11 is 5.55. The first-order valence-electron chi connectivity index (χ1n) is 9.20. The molecule has 0 aliphatic rings. The minimum atomic E-state index is 0.163. The van der Waals surface area contributed by atoms with Crippen molar-refractivity contribution in [1.29, 1.82) is 0 Å². The largest absolute Gasteiger partial charge is 0.497 e. The Labute approximate surface area is 163 Å². The van der Waals surface area contributed by atoms with Crippen LogP contribution in [0.4, 0.5) is 5.69 Å². The van der Waals surface area contributed by atoms with Gasteiger partial charge in [-0.05, 0) is 65.9 Å². The predicted molar refractivity (Wildman–Crippen MR) is 115 cm³/mol. The first kappa shape index (κ1) is 20.2. The van der Waals surface area contributed by atoms with Crippen molar-refractivity contribution in [3.05, 3.63) is 59.7 Å². The van der Waals surface area contributed by atoms with E-state index >= 15 is 0 Å². The van der Waals surface area contributed by atoms with E-state index in [2.05, 4.69) is 74.7 Å². The average Bonchev–Trinajstić information content (AvgIpc) is 2.61. The van der Waals surface area contributed by atoms with Gasteiger partial charge in [-0.2, -0.15) is 0 Å². The summed E-state index contributed by atoms with van der Waals surface area (Å²) in [6.45, 7) is 8.83. The second-order valence-corrected chi connectivity index (χ2v) is 7.74. The van der Waals surface area contributed by atoms with Crippen LogP contribution in [0.15, 0.2) is 48.5 Å². The van der Waals surface area contributed by atoms with Gasteiger partial charge in [0.15, 0.2) is 5.11 Å². The van der Waals surface area contributed by atoms with Crippen LogP contribution in [0, 0.1) is 5.92 Å². The SMILES string of the molecule is COc1ccc(C(CC(C)C)NC(=S)Nc2ccc(C(C)C)cc2)cc1. The molecule has 0 spiro atoms. The molecule has 2 aromatic carbocycles. The van der Waals surface area contributed by atoms with Gasteiger partial charge in [-0.1, -0.05) is 52.0 Å². The molecule has 0 aliphatic heterocycles. The van der Waals surface area contributed by atoms with E-state index in [1.165, 1.54) is 11.1 Å². The highest BCUT2D eigenvalue weighted by Crippen LogP contribution is 2.24. The molecule has 0 bridgehead atoms. The van der Waals surface area contributed by atoms with Crippen LogP contribution in [0.3, 0.4) is 0 Å². The summed E-state index contributed by atoms with van der Waals surface area (Å²) in [5.41, 5.74) is 3.54. The van der Waals surface area contributed by atoms with Crippen LogP contribution in [-0.2, 0) is 0 Å². The van der Waals surface area contributed by atoms with Crippen molar-refractivity contribution >= 4 is 23.0 Å². The Bertz CT molecular complexity index is 693. The van der Waals surface area contributed by atoms with Crippen LogP contribution in [0.2, 0.25) is 0 Å². The molecule has 0 aliphatic carbocycles. The van der Waals surface area contributed by atoms with Crippen molar-refractivity contribution in [1.82, 2.24) is 5.32 Å². The molecule has 140 valence electrons. The lowest BCUT2D eigenvalue weighted by Crippen LogP contribution is -2.33. The molecule has 0 heterocycles. The van der Waals surface area contributed by atoms with Gasteiger partial charge in [0.25, 0.3) is 0 Å². The molecule has 0 radical (unpaired) electrons. The minimum absolute atomic E-state index is 0.163. The Kier molecular flexibility index (Phi) is 7.46. The van der Waals surface area contributed by atoms with E-state index in [0.29, 0.717) is 16.9 Å². The van der Waals surface area contributed by atoms with Crippen LogP contribution >= 0.6 is 12.2 Å². The number of thiocarbonyl (C=S) groups is 1. The smallest absolute Gasteiger partial charge is 0.171 e. The van der Waals surface area contributed by atoms with Crippen LogP contribution in [-0.4, -0.2) is 12.2 Å². The highest BCUT2D eigenvalue weighted by Gasteiger charge is 2.15. The third-order valence-electron chi connectivity index (χ3n) is 4.37. The van der Waals surface area contributed by atoms with Gasteiger partial charge < -0.3 is 15.4 Å². The molecule has 2 aromatic rings. The lowest BCUT2D eigenvalue weighted by atomic mass is 9.97. The zero-order chi connectivity index (χ0) is 19.1. The van der Waals surface area contributed by atoms with E-state index < -0.39 is 0 Å². The van der Waals surface area contributed by atoms with E-state index in [9.17, 15) is 0 Å². The maximum atomic E-state index is 5.55. The number of hydrogen-bond acceptors (Lipinski definition) is 2. The lowest BCUT2D eigenvalue weighted by Gasteiger charge is -2.23. The van der Waals surface area contributed by atoms with Gasteiger partial charge in [-0.25, -0.2) is 0 Å². The molecule has 1 atom stereocenters. The number of nitrogens with one attached hydrogen (secondary N) is 2. The van der Waals surface area contributed by atoms with Crippen molar-refractivity contribution in [3.63, 3.8) is 0 Å². The Morgan fingerprint density at radius 2 is 1.50 bits per heavy atom. The predicted octanol–water partition coefficient (Wildman–Crippen LogP) is 5.89. The van der Waals surface area contributed by atoms with Gasteiger partial charge in [0.1, 0.15) is 5.75 Å². The summed E-state index contributed by atoms with van der Waals surface area (Å²) in [4.78, 5) is 0. The Hall–Kier alpha value is -2.07. The standard InChI is InChI=1S/C22H30N2OS/c1-15(2)14-21(18-8-12-20(25-5)13-9-18)24-22(26)23-19-10-6-17(7-11-19)16(3)4/h6-13,15-16,21H,14H2,1-5H3,(H2,23,24,26). The van der Waals surface area contributed by atoms with E-state index in [4.69, 9.17) is 17.0 Å². The summed E-state index contributed by atoms with van der Waals surface area (Å²) < 4.78 is 5.26. The minimum Gasteiger partial charge on any atom is -0.497 e. The van der Waals surface area contributed by atoms with Gasteiger partial charge in [0.2, 0.25) is 0 Å². The highest BCUT2D eigenvalue weighted by atomic mass is 32.1. The molecular weight excluding hydrogens is 340 g/mol. The normalized spacial score (nSPS) is 12.1. The fraction of sp³-hybridized carbons (Fsp3) is 0.409. The number of benzene rings is 2. The molecule has 4 heteroatoms. The lowest BCUT2D eigenvalue weighted by molar-refractivity contribution is 0.414. The molecule has 0 amide bonds. The van der Waals surface area contributed by atoms with Gasteiger partial charge >= 0.3 is 0 Å². The second-order valence-electron chi connectivity index (χ2n) is 7.33. The molecule has 0 fully saturated rings. The number of anilines is 1. The first-order chi connectivity index (χ1) is 12.4. The van der Waals surface area contributed by atoms with Gasteiger partial charge in [-0.15, -0.1) is 0 Å². The molecule has 0 saturated carbocycles. The third kappa shape index (κ3) is 6.03. The first-order valence-corrected chi connectivity index (χ1v) is 9.61. The van der Waals surface area contributed by atoms with Gasteiger partial charge in [-0.3, -0.25) is 0 Å². The van der Waals surface area contributed by atoms with E-state index in [1.807, 2.05) is 12.1 Å². The maximum absolute atomic E-state index is 5.55. The summed E-state index contributed by atoms with van der Waals surface area (Å²) in [5.74, 6) is 1.95. The number of ether oxygens (including phenoxy) is 1. The van der Waals surface area contributed by atoms with E-state index in [0.717, 1.165) is 17.9 Å². The molecule has 0 aromatic heterocycles. The molecule has 2 N–H and O–H groups in total. The van der Waals surface area contributed by atoms with Gasteiger partial charge in [0, 0.05) is 5.69 Å². The highest BCUT2D eigenvalue weighted by molar-refractivity contribution is 7.80. The summed E-state index contributed by atoms with van der Waals surface area (Å²) in [6, 6.07) is 16.8. The monoisotopic (exact) mass is 370 g/mol. The second kappa shape index (κ2) is 9.58. The van der Waals surface area contributed by atoms with Crippen LogP contribution < -0.4 is 15.4 Å². The maximum Gasteiger partial charge on any atom is 0.171 e. The van der Waals surface area contributed by atoms with Crippen molar-refractivity contribution in [2.45, 2.75) is 46.1 Å². The van der Waals surface area contributed by atoms with Crippen molar-refractivity contribution in [3.8, 4) is 5.75 Å². The zero-order valence-electron chi connectivity index (χ0n) is 16.4.